The van der Waals surface area contributed by atoms with Crippen molar-refractivity contribution < 1.29 is 52.6 Å². The van der Waals surface area contributed by atoms with Crippen molar-refractivity contribution in [2.75, 3.05) is 47.0 Å². The maximum absolute atomic E-state index is 15.1. The molecule has 7 heterocycles. The number of fused-ring (bicyclic) bond motifs is 9. The van der Waals surface area contributed by atoms with Gasteiger partial charge in [-0.05, 0) is 80.1 Å². The fourth-order valence-electron chi connectivity index (χ4n) is 11.3. The number of hydrogen-bond acceptors (Lipinski definition) is 16. The van der Waals surface area contributed by atoms with Crippen LogP contribution in [0.3, 0.4) is 0 Å². The van der Waals surface area contributed by atoms with Crippen molar-refractivity contribution in [3.8, 4) is 46.3 Å². The van der Waals surface area contributed by atoms with Gasteiger partial charge in [0.15, 0.2) is 40.0 Å². The summed E-state index contributed by atoms with van der Waals surface area (Å²) in [5.41, 5.74) is 5.26. The lowest BCUT2D eigenvalue weighted by Gasteiger charge is -2.62. The molecule has 4 bridgehead atoms. The minimum atomic E-state index is -1.43. The van der Waals surface area contributed by atoms with E-state index in [-0.39, 0.29) is 48.9 Å². The SMILES string of the molecule is COc1cc2c(cc1OC(=O)CCc1ccccc1)CCN[C@]21CS[C@@H]2c3c(OC(C)=O)c(C)c4c(c3[C@@H](COC1=O)N1C2[C@H]2c3c(cc(C)c(OC)c3O)C[C@@H]([C@@H]1C#N)N2C)OCO4. The van der Waals surface area contributed by atoms with Gasteiger partial charge in [-0.2, -0.15) is 5.26 Å². The van der Waals surface area contributed by atoms with Crippen LogP contribution in [-0.4, -0.2) is 97.9 Å². The summed E-state index contributed by atoms with van der Waals surface area (Å²) in [6.07, 6.45) is 1.67. The number of methoxy groups -OCH3 is 2. The fraction of sp³-hybridized carbons (Fsp3) is 0.429. The summed E-state index contributed by atoms with van der Waals surface area (Å²) in [6.45, 7) is 5.19. The third-order valence-corrected chi connectivity index (χ3v) is 15.6. The number of nitrogens with one attached hydrogen (secondary N) is 1. The summed E-state index contributed by atoms with van der Waals surface area (Å²) in [7, 11) is 5.01. The van der Waals surface area contributed by atoms with E-state index in [0.717, 1.165) is 22.3 Å². The molecule has 0 saturated carbocycles. The second-order valence-corrected chi connectivity index (χ2v) is 18.7. The number of nitrogens with zero attached hydrogens (tertiary/aromatic N) is 3. The molecule has 16 heteroatoms. The Morgan fingerprint density at radius 1 is 0.985 bits per heavy atom. The lowest BCUT2D eigenvalue weighted by molar-refractivity contribution is -0.157. The Hall–Kier alpha value is -5.99. The van der Waals surface area contributed by atoms with Gasteiger partial charge >= 0.3 is 17.9 Å². The highest BCUT2D eigenvalue weighted by molar-refractivity contribution is 7.99. The zero-order valence-corrected chi connectivity index (χ0v) is 37.8. The van der Waals surface area contributed by atoms with Crippen LogP contribution in [0.5, 0.6) is 40.2 Å². The quantitative estimate of drug-likeness (QED) is 0.167. The number of esters is 3. The van der Waals surface area contributed by atoms with Gasteiger partial charge in [0.1, 0.15) is 18.4 Å². The second kappa shape index (κ2) is 16.5. The average Bonchev–Trinajstić information content (AvgIpc) is 3.79. The van der Waals surface area contributed by atoms with Gasteiger partial charge < -0.3 is 38.3 Å². The third kappa shape index (κ3) is 6.68. The van der Waals surface area contributed by atoms with Crippen molar-refractivity contribution in [1.29, 1.82) is 5.26 Å². The largest absolute Gasteiger partial charge is 0.504 e. The smallest absolute Gasteiger partial charge is 0.331 e. The van der Waals surface area contributed by atoms with E-state index in [4.69, 9.17) is 33.2 Å². The number of phenolic OH excluding ortho intramolecular Hbond substituents is 1. The average molecular weight is 903 g/mol. The normalized spacial score (nSPS) is 26.1. The topological polar surface area (TPSA) is 178 Å². The lowest BCUT2D eigenvalue weighted by atomic mass is 9.71. The molecule has 1 unspecified atom stereocenters. The number of ether oxygens (including phenoxy) is 7. The van der Waals surface area contributed by atoms with E-state index in [2.05, 4.69) is 21.2 Å². The molecule has 4 aromatic rings. The molecule has 7 aliphatic heterocycles. The highest BCUT2D eigenvalue weighted by Crippen LogP contribution is 2.64. The molecule has 2 saturated heterocycles. The number of benzene rings is 4. The summed E-state index contributed by atoms with van der Waals surface area (Å²) >= 11 is 1.47. The van der Waals surface area contributed by atoms with Crippen LogP contribution in [0.25, 0.3) is 0 Å². The molecular weight excluding hydrogens is 853 g/mol. The minimum Gasteiger partial charge on any atom is -0.504 e. The van der Waals surface area contributed by atoms with Crippen molar-refractivity contribution in [1.82, 2.24) is 15.1 Å². The van der Waals surface area contributed by atoms with Crippen molar-refractivity contribution in [2.24, 2.45) is 0 Å². The van der Waals surface area contributed by atoms with Crippen LogP contribution < -0.4 is 33.7 Å². The van der Waals surface area contributed by atoms with Gasteiger partial charge in [0.2, 0.25) is 6.79 Å². The molecule has 1 spiro atoms. The maximum atomic E-state index is 15.1. The Morgan fingerprint density at radius 2 is 1.77 bits per heavy atom. The number of thioether (sulfide) groups is 1. The van der Waals surface area contributed by atoms with Crippen LogP contribution in [0.15, 0.2) is 48.5 Å². The van der Waals surface area contributed by atoms with Crippen LogP contribution >= 0.6 is 11.8 Å². The van der Waals surface area contributed by atoms with Crippen molar-refractivity contribution in [3.05, 3.63) is 98.6 Å². The standard InChI is InChI=1S/C49H50N4O11S/c1-24-16-29-17-31-32(20-50)53-33-21-60-48(57)49(30-19-34(58-5)35(18-28(30)14-15-51-49)64-36(55)13-12-27-10-8-7-9-11-27)22-65-47(41(53)40(52(31)4)37(29)42(56)43(24)59-6)39-38(33)46-45(61-23-62-46)25(2)44(39)63-26(3)54/h7-11,16,18-19,31-33,40-41,47,51,56H,12-15,17,21-23H2,1-6H3/t31-,32-,33+,40+,41?,47+,49+/m0/s1. The predicted octanol–water partition coefficient (Wildman–Crippen LogP) is 5.82. The van der Waals surface area contributed by atoms with Crippen LogP contribution in [0.4, 0.5) is 0 Å². The summed E-state index contributed by atoms with van der Waals surface area (Å²) in [6, 6.07) is 15.1. The monoisotopic (exact) mass is 902 g/mol. The Morgan fingerprint density at radius 3 is 2.51 bits per heavy atom. The van der Waals surface area contributed by atoms with E-state index in [9.17, 15) is 20.0 Å². The maximum Gasteiger partial charge on any atom is 0.331 e. The Balaban J connectivity index is 1.14. The van der Waals surface area contributed by atoms with E-state index in [1.54, 1.807) is 12.1 Å². The Kier molecular flexibility index (Phi) is 10.9. The first-order valence-electron chi connectivity index (χ1n) is 21.8. The molecular formula is C49H50N4O11S. The van der Waals surface area contributed by atoms with Crippen LogP contribution in [-0.2, 0) is 43.9 Å². The first-order chi connectivity index (χ1) is 31.4. The van der Waals surface area contributed by atoms with Gasteiger partial charge in [0.05, 0.1) is 37.6 Å². The first kappa shape index (κ1) is 42.9. The summed E-state index contributed by atoms with van der Waals surface area (Å²) in [5.74, 6) is 0.758. The molecule has 0 radical (unpaired) electrons. The van der Waals surface area contributed by atoms with Gasteiger partial charge in [-0.1, -0.05) is 36.4 Å². The number of phenols is 1. The van der Waals surface area contributed by atoms with E-state index in [1.807, 2.05) is 57.3 Å². The Labute approximate surface area is 380 Å². The number of nitriles is 1. The summed E-state index contributed by atoms with van der Waals surface area (Å²) in [5, 5.41) is 26.4. The predicted molar refractivity (Wildman–Crippen MR) is 237 cm³/mol. The number of carbonyl (C=O) groups excluding carboxylic acids is 3. The molecule has 0 aromatic heterocycles. The van der Waals surface area contributed by atoms with Crippen LogP contribution in [0.1, 0.15) is 80.7 Å². The van der Waals surface area contributed by atoms with E-state index < -0.39 is 52.9 Å². The van der Waals surface area contributed by atoms with Crippen LogP contribution in [0.2, 0.25) is 0 Å². The minimum absolute atomic E-state index is 0.0304. The number of aromatic hydroxyl groups is 1. The molecule has 11 rings (SSSR count). The molecule has 65 heavy (non-hydrogen) atoms. The highest BCUT2D eigenvalue weighted by atomic mass is 32.2. The van der Waals surface area contributed by atoms with Crippen molar-refractivity contribution in [3.63, 3.8) is 0 Å². The van der Waals surface area contributed by atoms with Crippen molar-refractivity contribution in [2.45, 2.75) is 87.5 Å². The zero-order valence-electron chi connectivity index (χ0n) is 37.0. The van der Waals surface area contributed by atoms with E-state index in [1.165, 1.54) is 32.9 Å². The van der Waals surface area contributed by atoms with Gasteiger partial charge in [0.25, 0.3) is 0 Å². The molecule has 2 N–H and O–H groups in total. The number of aryl methyl sites for hydroxylation is 2. The van der Waals surface area contributed by atoms with E-state index >= 15 is 4.79 Å². The number of piperazine rings is 1. The second-order valence-electron chi connectivity index (χ2n) is 17.5. The van der Waals surface area contributed by atoms with Gasteiger partial charge in [-0.15, -0.1) is 11.8 Å². The van der Waals surface area contributed by atoms with Crippen molar-refractivity contribution >= 4 is 29.7 Å². The molecule has 7 aliphatic rings. The molecule has 4 aromatic carbocycles. The number of likely N-dealkylation sites (N-methyl/N-ethyl adjacent to an activating group) is 1. The molecule has 7 atom stereocenters. The first-order valence-corrected chi connectivity index (χ1v) is 22.9. The summed E-state index contributed by atoms with van der Waals surface area (Å²) in [4.78, 5) is 45.8. The fourth-order valence-corrected chi connectivity index (χ4v) is 13.0. The number of carbonyl (C=O) groups is 3. The number of hydrogen-bond donors (Lipinski definition) is 2. The third-order valence-electron chi connectivity index (χ3n) is 14.1. The van der Waals surface area contributed by atoms with Crippen LogP contribution in [0, 0.1) is 25.2 Å². The van der Waals surface area contributed by atoms with Gasteiger partial charge in [-0.3, -0.25) is 24.7 Å². The zero-order chi connectivity index (χ0) is 45.5. The lowest BCUT2D eigenvalue weighted by Crippen LogP contribution is -2.69. The molecule has 338 valence electrons. The highest BCUT2D eigenvalue weighted by Gasteiger charge is 2.62. The van der Waals surface area contributed by atoms with Gasteiger partial charge in [0, 0.05) is 60.0 Å². The molecule has 2 fully saturated rings. The molecule has 0 aliphatic carbocycles. The summed E-state index contributed by atoms with van der Waals surface area (Å²) < 4.78 is 42.7. The van der Waals surface area contributed by atoms with Gasteiger partial charge in [-0.25, -0.2) is 4.79 Å². The molecule has 0 amide bonds. The van der Waals surface area contributed by atoms with E-state index in [0.29, 0.717) is 76.6 Å². The number of rotatable bonds is 7. The molecule has 15 nitrogen and oxygen atoms in total. The Bertz CT molecular complexity index is 2690.